The van der Waals surface area contributed by atoms with Gasteiger partial charge in [-0.3, -0.25) is 14.2 Å². The zero-order valence-corrected chi connectivity index (χ0v) is 16.7. The summed E-state index contributed by atoms with van der Waals surface area (Å²) in [6, 6.07) is 16.9. The number of carbonyl (C=O) groups is 1. The summed E-state index contributed by atoms with van der Waals surface area (Å²) in [5.41, 5.74) is 1.45. The zero-order chi connectivity index (χ0) is 19.6. The van der Waals surface area contributed by atoms with Crippen LogP contribution in [-0.2, 0) is 4.79 Å². The maximum Gasteiger partial charge on any atom is 0.262 e. The molecule has 0 aliphatic carbocycles. The van der Waals surface area contributed by atoms with Gasteiger partial charge in [-0.25, -0.2) is 4.98 Å². The molecule has 0 fully saturated rings. The number of aromatic nitrogens is 2. The summed E-state index contributed by atoms with van der Waals surface area (Å²) in [5.74, 6) is -0.0380. The molecule has 0 aliphatic rings. The average Bonchev–Trinajstić information content (AvgIpc) is 2.66. The molecule has 0 N–H and O–H groups in total. The Bertz CT molecular complexity index is 1010. The summed E-state index contributed by atoms with van der Waals surface area (Å²) < 4.78 is 1.67. The Balaban J connectivity index is 2.16. The maximum atomic E-state index is 13.0. The van der Waals surface area contributed by atoms with E-state index < -0.39 is 5.25 Å². The number of rotatable bonds is 5. The Morgan fingerprint density at radius 1 is 1.04 bits per heavy atom. The molecule has 1 heterocycles. The van der Waals surface area contributed by atoms with Crippen molar-refractivity contribution in [3.63, 3.8) is 0 Å². The van der Waals surface area contributed by atoms with Crippen LogP contribution in [-0.4, -0.2) is 34.5 Å². The number of benzene rings is 2. The minimum absolute atomic E-state index is 0.0380. The highest BCUT2D eigenvalue weighted by atomic mass is 32.2. The van der Waals surface area contributed by atoms with Crippen LogP contribution in [0.1, 0.15) is 30.7 Å². The number of para-hydroxylation sites is 1. The fourth-order valence-corrected chi connectivity index (χ4v) is 4.27. The number of thioether (sulfide) groups is 1. The molecule has 0 unspecified atom stereocenters. The predicted octanol–water partition coefficient (Wildman–Crippen LogP) is 3.90. The summed E-state index contributed by atoms with van der Waals surface area (Å²) >= 11 is 1.32. The van der Waals surface area contributed by atoms with E-state index in [0.29, 0.717) is 16.1 Å². The van der Waals surface area contributed by atoms with Gasteiger partial charge < -0.3 is 4.90 Å². The van der Waals surface area contributed by atoms with Crippen molar-refractivity contribution in [3.8, 4) is 0 Å². The molecule has 6 heteroatoms. The molecule has 1 atom stereocenters. The number of carbonyl (C=O) groups excluding carboxylic acids is 1. The van der Waals surface area contributed by atoms with Gasteiger partial charge in [0.1, 0.15) is 5.25 Å². The second-order valence-electron chi connectivity index (χ2n) is 6.82. The van der Waals surface area contributed by atoms with Gasteiger partial charge in [-0.2, -0.15) is 0 Å². The normalized spacial score (nSPS) is 12.3. The van der Waals surface area contributed by atoms with E-state index in [0.717, 1.165) is 5.56 Å². The van der Waals surface area contributed by atoms with E-state index in [4.69, 9.17) is 4.98 Å². The molecule has 0 radical (unpaired) electrons. The van der Waals surface area contributed by atoms with Crippen molar-refractivity contribution in [2.75, 3.05) is 14.1 Å². The second-order valence-corrected chi connectivity index (χ2v) is 7.89. The standard InChI is InChI=1S/C21H23N3O2S/c1-14(2)24-19(25)16-12-8-9-13-17(16)22-21(24)27-18(20(26)23(3)4)15-10-6-5-7-11-15/h5-14,18H,1-4H3/t18-/m0/s1. The van der Waals surface area contributed by atoms with Crippen molar-refractivity contribution in [1.29, 1.82) is 0 Å². The lowest BCUT2D eigenvalue weighted by atomic mass is 10.1. The van der Waals surface area contributed by atoms with Gasteiger partial charge >= 0.3 is 0 Å². The lowest BCUT2D eigenvalue weighted by Gasteiger charge is -2.23. The number of fused-ring (bicyclic) bond motifs is 1. The van der Waals surface area contributed by atoms with Crippen molar-refractivity contribution in [3.05, 3.63) is 70.5 Å². The van der Waals surface area contributed by atoms with Gasteiger partial charge in [-0.1, -0.05) is 54.2 Å². The number of amides is 1. The van der Waals surface area contributed by atoms with Gasteiger partial charge in [-0.15, -0.1) is 0 Å². The first-order valence-corrected chi connectivity index (χ1v) is 9.72. The van der Waals surface area contributed by atoms with Gasteiger partial charge in [-0.05, 0) is 31.5 Å². The van der Waals surface area contributed by atoms with Crippen molar-refractivity contribution in [1.82, 2.24) is 14.5 Å². The largest absolute Gasteiger partial charge is 0.348 e. The van der Waals surface area contributed by atoms with Gasteiger partial charge in [0.25, 0.3) is 5.56 Å². The molecule has 0 bridgehead atoms. The van der Waals surface area contributed by atoms with Crippen LogP contribution >= 0.6 is 11.8 Å². The minimum atomic E-state index is -0.473. The van der Waals surface area contributed by atoms with Crippen molar-refractivity contribution >= 4 is 28.6 Å². The third-order valence-corrected chi connectivity index (χ3v) is 5.49. The Hall–Kier alpha value is -2.60. The predicted molar refractivity (Wildman–Crippen MR) is 110 cm³/mol. The Kier molecular flexibility index (Phi) is 5.65. The number of nitrogens with zero attached hydrogens (tertiary/aromatic N) is 3. The molecule has 0 saturated heterocycles. The highest BCUT2D eigenvalue weighted by Crippen LogP contribution is 2.36. The van der Waals surface area contributed by atoms with Gasteiger partial charge in [0.2, 0.25) is 5.91 Å². The molecule has 3 rings (SSSR count). The van der Waals surface area contributed by atoms with Crippen LogP contribution in [0.2, 0.25) is 0 Å². The van der Waals surface area contributed by atoms with Crippen LogP contribution in [0.15, 0.2) is 64.5 Å². The van der Waals surface area contributed by atoms with Gasteiger partial charge in [0.15, 0.2) is 5.16 Å². The lowest BCUT2D eigenvalue weighted by molar-refractivity contribution is -0.128. The second kappa shape index (κ2) is 7.96. The average molecular weight is 382 g/mol. The molecule has 5 nitrogen and oxygen atoms in total. The third kappa shape index (κ3) is 3.90. The quantitative estimate of drug-likeness (QED) is 0.497. The summed E-state index contributed by atoms with van der Waals surface area (Å²) in [7, 11) is 3.48. The van der Waals surface area contributed by atoms with E-state index in [1.54, 1.807) is 29.6 Å². The Morgan fingerprint density at radius 2 is 1.67 bits per heavy atom. The molecule has 2 aromatic carbocycles. The molecule has 0 spiro atoms. The molecular formula is C21H23N3O2S. The van der Waals surface area contributed by atoms with Crippen molar-refractivity contribution in [2.24, 2.45) is 0 Å². The van der Waals surface area contributed by atoms with Crippen LogP contribution in [0.5, 0.6) is 0 Å². The molecule has 27 heavy (non-hydrogen) atoms. The van der Waals surface area contributed by atoms with Crippen LogP contribution in [0.3, 0.4) is 0 Å². The smallest absolute Gasteiger partial charge is 0.262 e. The molecule has 0 aliphatic heterocycles. The van der Waals surface area contributed by atoms with Crippen LogP contribution in [0.25, 0.3) is 10.9 Å². The third-order valence-electron chi connectivity index (χ3n) is 4.28. The van der Waals surface area contributed by atoms with Crippen LogP contribution in [0, 0.1) is 0 Å². The number of likely N-dealkylation sites (N-methyl/N-ethyl adjacent to an activating group) is 1. The van der Waals surface area contributed by atoms with Crippen molar-refractivity contribution in [2.45, 2.75) is 30.3 Å². The van der Waals surface area contributed by atoms with E-state index in [2.05, 4.69) is 0 Å². The van der Waals surface area contributed by atoms with Crippen molar-refractivity contribution < 1.29 is 4.79 Å². The molecule has 3 aromatic rings. The van der Waals surface area contributed by atoms with Gasteiger partial charge in [0, 0.05) is 20.1 Å². The fraction of sp³-hybridized carbons (Fsp3) is 0.286. The minimum Gasteiger partial charge on any atom is -0.348 e. The highest BCUT2D eigenvalue weighted by Gasteiger charge is 2.26. The summed E-state index contributed by atoms with van der Waals surface area (Å²) in [6.45, 7) is 3.90. The SMILES string of the molecule is CC(C)n1c(S[C@H](C(=O)N(C)C)c2ccccc2)nc2ccccc2c1=O. The first-order valence-electron chi connectivity index (χ1n) is 8.84. The number of hydrogen-bond acceptors (Lipinski definition) is 4. The molecule has 0 saturated carbocycles. The summed E-state index contributed by atoms with van der Waals surface area (Å²) in [4.78, 5) is 32.2. The fourth-order valence-electron chi connectivity index (χ4n) is 2.89. The van der Waals surface area contributed by atoms with E-state index in [1.165, 1.54) is 11.8 Å². The first-order chi connectivity index (χ1) is 12.9. The topological polar surface area (TPSA) is 55.2 Å². The van der Waals surface area contributed by atoms with Gasteiger partial charge in [0.05, 0.1) is 10.9 Å². The first kappa shape index (κ1) is 19.2. The molecule has 140 valence electrons. The monoisotopic (exact) mass is 381 g/mol. The Morgan fingerprint density at radius 3 is 2.30 bits per heavy atom. The highest BCUT2D eigenvalue weighted by molar-refractivity contribution is 8.00. The zero-order valence-electron chi connectivity index (χ0n) is 15.9. The van der Waals surface area contributed by atoms with Crippen LogP contribution < -0.4 is 5.56 Å². The summed E-state index contributed by atoms with van der Waals surface area (Å²) in [5, 5.41) is 0.669. The van der Waals surface area contributed by atoms with E-state index in [9.17, 15) is 9.59 Å². The van der Waals surface area contributed by atoms with E-state index in [-0.39, 0.29) is 17.5 Å². The van der Waals surface area contributed by atoms with E-state index in [1.807, 2.05) is 62.4 Å². The molecule has 1 aromatic heterocycles. The van der Waals surface area contributed by atoms with E-state index >= 15 is 0 Å². The number of hydrogen-bond donors (Lipinski definition) is 0. The Labute approximate surface area is 163 Å². The van der Waals surface area contributed by atoms with Crippen LogP contribution in [0.4, 0.5) is 0 Å². The molecule has 1 amide bonds. The lowest BCUT2D eigenvalue weighted by Crippen LogP contribution is -2.29. The molecular weight excluding hydrogens is 358 g/mol. The summed E-state index contributed by atoms with van der Waals surface area (Å²) in [6.07, 6.45) is 0. The maximum absolute atomic E-state index is 13.0.